The summed E-state index contributed by atoms with van der Waals surface area (Å²) < 4.78 is 0. The van der Waals surface area contributed by atoms with Crippen molar-refractivity contribution in [2.45, 2.75) is 25.7 Å². The van der Waals surface area contributed by atoms with Gasteiger partial charge < -0.3 is 10.0 Å². The summed E-state index contributed by atoms with van der Waals surface area (Å²) in [4.78, 5) is 12.6. The smallest absolute Gasteiger partial charge is 0.329 e. The van der Waals surface area contributed by atoms with E-state index in [1.807, 2.05) is 0 Å². The van der Waals surface area contributed by atoms with Crippen molar-refractivity contribution in [2.75, 3.05) is 13.1 Å². The fraction of sp³-hybridized carbons (Fsp3) is 0.727. The lowest BCUT2D eigenvalue weighted by molar-refractivity contribution is -0.131. The van der Waals surface area contributed by atoms with Crippen LogP contribution in [0.3, 0.4) is 0 Å². The van der Waals surface area contributed by atoms with E-state index in [0.29, 0.717) is 0 Å². The molecule has 78 valence electrons. The Morgan fingerprint density at radius 2 is 1.71 bits per heavy atom. The quantitative estimate of drug-likeness (QED) is 0.656. The van der Waals surface area contributed by atoms with E-state index in [-0.39, 0.29) is 0 Å². The molecule has 0 heterocycles. The zero-order chi connectivity index (χ0) is 9.97. The van der Waals surface area contributed by atoms with Crippen LogP contribution < -0.4 is 0 Å². The van der Waals surface area contributed by atoms with Crippen molar-refractivity contribution < 1.29 is 9.90 Å². The van der Waals surface area contributed by atoms with Crippen LogP contribution in [0.4, 0.5) is 0 Å². The highest BCUT2D eigenvalue weighted by Crippen LogP contribution is 2.33. The molecule has 1 N–H and O–H groups in total. The molecule has 0 spiro atoms. The molecule has 0 radical (unpaired) electrons. The maximum Gasteiger partial charge on any atom is 0.329 e. The molecule has 0 aliphatic heterocycles. The van der Waals surface area contributed by atoms with Gasteiger partial charge in [-0.05, 0) is 37.5 Å². The maximum absolute atomic E-state index is 10.4. The monoisotopic (exact) mass is 195 g/mol. The Balaban J connectivity index is 1.79. The van der Waals surface area contributed by atoms with Gasteiger partial charge in [0.1, 0.15) is 0 Å². The number of hydrogen-bond donors (Lipinski definition) is 1. The molecular weight excluding hydrogens is 178 g/mol. The standard InChI is InChI=1S/C11H17NO2/c13-11(14)5-6-12(7-9-1-2-9)8-10-3-4-10/h5-6,9-10H,1-4,7-8H2,(H,13,14). The van der Waals surface area contributed by atoms with E-state index in [9.17, 15) is 4.79 Å². The summed E-state index contributed by atoms with van der Waals surface area (Å²) in [5.74, 6) is 0.806. The highest BCUT2D eigenvalue weighted by atomic mass is 16.4. The van der Waals surface area contributed by atoms with Gasteiger partial charge in [0.25, 0.3) is 0 Å². The zero-order valence-corrected chi connectivity index (χ0v) is 8.35. The Morgan fingerprint density at radius 3 is 2.07 bits per heavy atom. The van der Waals surface area contributed by atoms with Gasteiger partial charge in [0.15, 0.2) is 0 Å². The fourth-order valence-electron chi connectivity index (χ4n) is 1.63. The molecule has 2 rings (SSSR count). The van der Waals surface area contributed by atoms with Crippen LogP contribution >= 0.6 is 0 Å². The number of nitrogens with zero attached hydrogens (tertiary/aromatic N) is 1. The van der Waals surface area contributed by atoms with E-state index >= 15 is 0 Å². The van der Waals surface area contributed by atoms with Gasteiger partial charge in [-0.25, -0.2) is 4.79 Å². The third kappa shape index (κ3) is 3.40. The first-order valence-electron chi connectivity index (χ1n) is 5.39. The van der Waals surface area contributed by atoms with Gasteiger partial charge in [-0.2, -0.15) is 0 Å². The van der Waals surface area contributed by atoms with E-state index in [4.69, 9.17) is 5.11 Å². The molecule has 14 heavy (non-hydrogen) atoms. The summed E-state index contributed by atoms with van der Waals surface area (Å²) >= 11 is 0. The first-order chi connectivity index (χ1) is 6.74. The summed E-state index contributed by atoms with van der Waals surface area (Å²) in [6, 6.07) is 0. The predicted octanol–water partition coefficient (Wildman–Crippen LogP) is 1.71. The van der Waals surface area contributed by atoms with Crippen LogP contribution in [0.5, 0.6) is 0 Å². The third-order valence-electron chi connectivity index (χ3n) is 2.81. The first-order valence-corrected chi connectivity index (χ1v) is 5.39. The largest absolute Gasteiger partial charge is 0.478 e. The molecule has 0 atom stereocenters. The molecule has 0 aromatic rings. The van der Waals surface area contributed by atoms with Crippen molar-refractivity contribution in [1.29, 1.82) is 0 Å². The topological polar surface area (TPSA) is 40.5 Å². The van der Waals surface area contributed by atoms with Crippen LogP contribution in [0.2, 0.25) is 0 Å². The summed E-state index contributed by atoms with van der Waals surface area (Å²) in [5.41, 5.74) is 0. The van der Waals surface area contributed by atoms with Gasteiger partial charge in [0.2, 0.25) is 0 Å². The van der Waals surface area contributed by atoms with E-state index in [2.05, 4.69) is 4.90 Å². The summed E-state index contributed by atoms with van der Waals surface area (Å²) in [6.45, 7) is 2.11. The van der Waals surface area contributed by atoms with Crippen molar-refractivity contribution in [3.8, 4) is 0 Å². The molecule has 0 aromatic carbocycles. The molecule has 3 nitrogen and oxygen atoms in total. The SMILES string of the molecule is O=C(O)C=CN(CC1CC1)CC1CC1. The second-order valence-electron chi connectivity index (χ2n) is 4.49. The third-order valence-corrected chi connectivity index (χ3v) is 2.81. The van der Waals surface area contributed by atoms with Crippen LogP contribution in [0.1, 0.15) is 25.7 Å². The van der Waals surface area contributed by atoms with Crippen molar-refractivity contribution in [3.05, 3.63) is 12.3 Å². The molecule has 0 bridgehead atoms. The summed E-state index contributed by atoms with van der Waals surface area (Å²) in [6.07, 6.45) is 8.29. The Morgan fingerprint density at radius 1 is 1.21 bits per heavy atom. The van der Waals surface area contributed by atoms with Crippen LogP contribution in [0.15, 0.2) is 12.3 Å². The number of carboxylic acid groups (broad SMARTS) is 1. The van der Waals surface area contributed by atoms with E-state index in [1.54, 1.807) is 6.20 Å². The minimum Gasteiger partial charge on any atom is -0.478 e. The number of carbonyl (C=O) groups is 1. The molecule has 0 aromatic heterocycles. The lowest BCUT2D eigenvalue weighted by atomic mass is 10.3. The van der Waals surface area contributed by atoms with Crippen molar-refractivity contribution in [2.24, 2.45) is 11.8 Å². The van der Waals surface area contributed by atoms with Crippen LogP contribution in [0.25, 0.3) is 0 Å². The van der Waals surface area contributed by atoms with Gasteiger partial charge in [-0.1, -0.05) is 0 Å². The van der Waals surface area contributed by atoms with Crippen molar-refractivity contribution in [1.82, 2.24) is 4.90 Å². The number of rotatable bonds is 6. The molecule has 3 heteroatoms. The molecule has 0 saturated heterocycles. The highest BCUT2D eigenvalue weighted by molar-refractivity contribution is 5.79. The van der Waals surface area contributed by atoms with Crippen molar-refractivity contribution in [3.63, 3.8) is 0 Å². The second-order valence-corrected chi connectivity index (χ2v) is 4.49. The predicted molar refractivity (Wildman–Crippen MR) is 53.8 cm³/mol. The Kier molecular flexibility index (Phi) is 2.75. The van der Waals surface area contributed by atoms with E-state index < -0.39 is 5.97 Å². The fourth-order valence-corrected chi connectivity index (χ4v) is 1.63. The van der Waals surface area contributed by atoms with Crippen LogP contribution in [-0.2, 0) is 4.79 Å². The van der Waals surface area contributed by atoms with Gasteiger partial charge in [0, 0.05) is 25.4 Å². The van der Waals surface area contributed by atoms with E-state index in [0.717, 1.165) is 24.9 Å². The maximum atomic E-state index is 10.4. The number of carboxylic acids is 1. The molecule has 0 unspecified atom stereocenters. The molecule has 2 saturated carbocycles. The molecule has 0 amide bonds. The molecule has 2 aliphatic carbocycles. The molecule has 2 aliphatic rings. The van der Waals surface area contributed by atoms with Gasteiger partial charge in [-0.3, -0.25) is 0 Å². The lowest BCUT2D eigenvalue weighted by Gasteiger charge is -2.19. The summed E-state index contributed by atoms with van der Waals surface area (Å²) in [7, 11) is 0. The van der Waals surface area contributed by atoms with Crippen LogP contribution in [0, 0.1) is 11.8 Å². The number of hydrogen-bond acceptors (Lipinski definition) is 2. The summed E-state index contributed by atoms with van der Waals surface area (Å²) in [5, 5.41) is 8.55. The highest BCUT2D eigenvalue weighted by Gasteiger charge is 2.27. The van der Waals surface area contributed by atoms with Gasteiger partial charge >= 0.3 is 5.97 Å². The Hall–Kier alpha value is -0.990. The Labute approximate surface area is 84.4 Å². The normalized spacial score (nSPS) is 21.4. The lowest BCUT2D eigenvalue weighted by Crippen LogP contribution is -2.22. The average Bonchev–Trinajstić information content (AvgIpc) is 2.93. The van der Waals surface area contributed by atoms with Gasteiger partial charge in [0.05, 0.1) is 0 Å². The first kappa shape index (κ1) is 9.56. The van der Waals surface area contributed by atoms with E-state index in [1.165, 1.54) is 31.8 Å². The second kappa shape index (κ2) is 4.03. The molecule has 2 fully saturated rings. The minimum absolute atomic E-state index is 0.826. The Bertz CT molecular complexity index is 228. The number of aliphatic carboxylic acids is 1. The van der Waals surface area contributed by atoms with Crippen molar-refractivity contribution >= 4 is 5.97 Å². The van der Waals surface area contributed by atoms with Gasteiger partial charge in [-0.15, -0.1) is 0 Å². The molecular formula is C11H17NO2. The minimum atomic E-state index is -0.846. The average molecular weight is 195 g/mol. The zero-order valence-electron chi connectivity index (χ0n) is 8.35. The van der Waals surface area contributed by atoms with Crippen LogP contribution in [-0.4, -0.2) is 29.1 Å².